The highest BCUT2D eigenvalue weighted by Crippen LogP contribution is 2.21. The van der Waals surface area contributed by atoms with E-state index >= 15 is 0 Å². The van der Waals surface area contributed by atoms with E-state index in [0.717, 1.165) is 10.0 Å². The monoisotopic (exact) mass is 351 g/mol. The average molecular weight is 352 g/mol. The Kier molecular flexibility index (Phi) is 4.93. The van der Waals surface area contributed by atoms with E-state index in [1.165, 1.54) is 17.0 Å². The number of nitrogen functional groups attached to an aromatic ring is 1. The van der Waals surface area contributed by atoms with E-state index in [0.29, 0.717) is 6.54 Å². The average Bonchev–Trinajstić information content (AvgIpc) is 2.48. The van der Waals surface area contributed by atoms with Gasteiger partial charge in [0.15, 0.2) is 0 Å². The van der Waals surface area contributed by atoms with Gasteiger partial charge in [-0.1, -0.05) is 34.1 Å². The van der Waals surface area contributed by atoms with Crippen molar-refractivity contribution < 1.29 is 9.18 Å². The van der Waals surface area contributed by atoms with Crippen LogP contribution in [0, 0.1) is 5.82 Å². The van der Waals surface area contributed by atoms with Crippen LogP contribution in [-0.4, -0.2) is 17.9 Å². The maximum Gasteiger partial charge on any atom is 0.256 e. The minimum absolute atomic E-state index is 0.00477. The van der Waals surface area contributed by atoms with Crippen LogP contribution in [-0.2, 0) is 6.54 Å². The predicted molar refractivity (Wildman–Crippen MR) is 84.1 cm³/mol. The van der Waals surface area contributed by atoms with Crippen molar-refractivity contribution in [3.63, 3.8) is 0 Å². The van der Waals surface area contributed by atoms with E-state index in [9.17, 15) is 9.18 Å². The third-order valence-electron chi connectivity index (χ3n) is 3.07. The Morgan fingerprint density at radius 3 is 2.57 bits per heavy atom. The van der Waals surface area contributed by atoms with Gasteiger partial charge in [-0.15, -0.1) is 0 Å². The molecule has 2 aromatic rings. The van der Waals surface area contributed by atoms with Crippen LogP contribution in [0.25, 0.3) is 0 Å². The molecule has 0 aliphatic carbocycles. The lowest BCUT2D eigenvalue weighted by Gasteiger charge is -2.19. The highest BCUT2D eigenvalue weighted by Gasteiger charge is 2.18. The molecule has 0 spiro atoms. The second kappa shape index (κ2) is 6.69. The molecule has 0 saturated heterocycles. The molecule has 0 saturated carbocycles. The molecule has 0 aromatic heterocycles. The lowest BCUT2D eigenvalue weighted by molar-refractivity contribution is 0.0785. The molecule has 2 aromatic carbocycles. The predicted octanol–water partition coefficient (Wildman–Crippen LogP) is 3.15. The molecule has 21 heavy (non-hydrogen) atoms. The number of carbonyl (C=O) groups excluding carboxylic acids is 1. The van der Waals surface area contributed by atoms with E-state index in [2.05, 4.69) is 21.4 Å². The Balaban J connectivity index is 2.19. The Morgan fingerprint density at radius 2 is 1.95 bits per heavy atom. The number of hydrazine groups is 1. The molecular formula is C15H15BrFN3O. The summed E-state index contributed by atoms with van der Waals surface area (Å²) in [6, 6.07) is 11.9. The summed E-state index contributed by atoms with van der Waals surface area (Å²) < 4.78 is 14.6. The Morgan fingerprint density at radius 1 is 1.29 bits per heavy atom. The molecule has 0 bridgehead atoms. The number of halogens is 2. The summed E-state index contributed by atoms with van der Waals surface area (Å²) in [4.78, 5) is 13.9. The lowest BCUT2D eigenvalue weighted by atomic mass is 10.1. The van der Waals surface area contributed by atoms with E-state index in [1.54, 1.807) is 13.1 Å². The summed E-state index contributed by atoms with van der Waals surface area (Å²) >= 11 is 3.36. The number of hydrogen-bond donors (Lipinski definition) is 2. The van der Waals surface area contributed by atoms with Gasteiger partial charge in [0.2, 0.25) is 0 Å². The number of rotatable bonds is 4. The number of anilines is 1. The molecule has 0 heterocycles. The van der Waals surface area contributed by atoms with E-state index < -0.39 is 5.82 Å². The number of carbonyl (C=O) groups is 1. The SMILES string of the molecule is CN(Cc1ccc(Br)cc1)C(=O)c1cccc(F)c1NN. The number of hydrogen-bond acceptors (Lipinski definition) is 3. The van der Waals surface area contributed by atoms with Gasteiger partial charge in [0.25, 0.3) is 5.91 Å². The molecule has 4 nitrogen and oxygen atoms in total. The van der Waals surface area contributed by atoms with Gasteiger partial charge >= 0.3 is 0 Å². The van der Waals surface area contributed by atoms with E-state index in [-0.39, 0.29) is 17.2 Å². The quantitative estimate of drug-likeness (QED) is 0.657. The number of para-hydroxylation sites is 1. The van der Waals surface area contributed by atoms with Gasteiger partial charge in [-0.25, -0.2) is 4.39 Å². The molecule has 3 N–H and O–H groups in total. The summed E-state index contributed by atoms with van der Waals surface area (Å²) in [5.41, 5.74) is 3.43. The van der Waals surface area contributed by atoms with Gasteiger partial charge in [-0.3, -0.25) is 10.6 Å². The van der Waals surface area contributed by atoms with Crippen LogP contribution < -0.4 is 11.3 Å². The first kappa shape index (κ1) is 15.5. The first-order chi connectivity index (χ1) is 10.0. The molecular weight excluding hydrogens is 337 g/mol. The Bertz CT molecular complexity index is 646. The molecule has 0 fully saturated rings. The molecule has 0 unspecified atom stereocenters. The van der Waals surface area contributed by atoms with E-state index in [4.69, 9.17) is 5.84 Å². The first-order valence-corrected chi connectivity index (χ1v) is 7.07. The Labute approximate surface area is 130 Å². The number of nitrogens with zero attached hydrogens (tertiary/aromatic N) is 1. The van der Waals surface area contributed by atoms with Crippen LogP contribution in [0.2, 0.25) is 0 Å². The summed E-state index contributed by atoms with van der Waals surface area (Å²) in [5.74, 6) is 4.44. The Hall–Kier alpha value is -1.92. The lowest BCUT2D eigenvalue weighted by Crippen LogP contribution is -2.28. The van der Waals surface area contributed by atoms with Crippen LogP contribution in [0.4, 0.5) is 10.1 Å². The van der Waals surface area contributed by atoms with Crippen LogP contribution in [0.1, 0.15) is 15.9 Å². The zero-order valence-electron chi connectivity index (χ0n) is 11.4. The number of amides is 1. The van der Waals surface area contributed by atoms with Crippen LogP contribution in [0.3, 0.4) is 0 Å². The largest absolute Gasteiger partial charge is 0.337 e. The fraction of sp³-hybridized carbons (Fsp3) is 0.133. The van der Waals surface area contributed by atoms with Crippen molar-refractivity contribution in [2.75, 3.05) is 12.5 Å². The second-order valence-electron chi connectivity index (χ2n) is 4.59. The van der Waals surface area contributed by atoms with E-state index in [1.807, 2.05) is 24.3 Å². The molecule has 0 aliphatic rings. The minimum atomic E-state index is -0.555. The molecule has 1 amide bonds. The summed E-state index contributed by atoms with van der Waals surface area (Å²) in [6.45, 7) is 0.423. The topological polar surface area (TPSA) is 58.4 Å². The third-order valence-corrected chi connectivity index (χ3v) is 3.60. The molecule has 0 atom stereocenters. The van der Waals surface area contributed by atoms with Crippen molar-refractivity contribution >= 4 is 27.5 Å². The summed E-state index contributed by atoms with van der Waals surface area (Å²) in [5, 5.41) is 0. The first-order valence-electron chi connectivity index (χ1n) is 6.28. The summed E-state index contributed by atoms with van der Waals surface area (Å²) in [6.07, 6.45) is 0. The molecule has 6 heteroatoms. The number of nitrogens with one attached hydrogen (secondary N) is 1. The minimum Gasteiger partial charge on any atom is -0.337 e. The number of nitrogens with two attached hydrogens (primary N) is 1. The molecule has 2 rings (SSSR count). The van der Waals surface area contributed by atoms with Gasteiger partial charge in [0, 0.05) is 18.1 Å². The van der Waals surface area contributed by atoms with Crippen LogP contribution in [0.5, 0.6) is 0 Å². The van der Waals surface area contributed by atoms with Crippen LogP contribution >= 0.6 is 15.9 Å². The van der Waals surface area contributed by atoms with Gasteiger partial charge in [0.05, 0.1) is 11.3 Å². The maximum atomic E-state index is 13.6. The number of benzene rings is 2. The van der Waals surface area contributed by atoms with Crippen molar-refractivity contribution in [2.24, 2.45) is 5.84 Å². The maximum absolute atomic E-state index is 13.6. The zero-order chi connectivity index (χ0) is 15.4. The molecule has 0 aliphatic heterocycles. The fourth-order valence-corrected chi connectivity index (χ4v) is 2.25. The van der Waals surface area contributed by atoms with Gasteiger partial charge in [0.1, 0.15) is 5.82 Å². The zero-order valence-corrected chi connectivity index (χ0v) is 13.0. The van der Waals surface area contributed by atoms with Crippen molar-refractivity contribution in [3.05, 3.63) is 63.9 Å². The standard InChI is InChI=1S/C15H15BrFN3O/c1-20(9-10-5-7-11(16)8-6-10)15(21)12-3-2-4-13(17)14(12)19-18/h2-8,19H,9,18H2,1H3. The van der Waals surface area contributed by atoms with Crippen molar-refractivity contribution in [3.8, 4) is 0 Å². The van der Waals surface area contributed by atoms with Gasteiger partial charge in [-0.05, 0) is 29.8 Å². The van der Waals surface area contributed by atoms with Crippen molar-refractivity contribution in [1.29, 1.82) is 0 Å². The smallest absolute Gasteiger partial charge is 0.256 e. The highest BCUT2D eigenvalue weighted by molar-refractivity contribution is 9.10. The second-order valence-corrected chi connectivity index (χ2v) is 5.51. The van der Waals surface area contributed by atoms with Crippen molar-refractivity contribution in [1.82, 2.24) is 4.90 Å². The van der Waals surface area contributed by atoms with Crippen molar-refractivity contribution in [2.45, 2.75) is 6.54 Å². The highest BCUT2D eigenvalue weighted by atomic mass is 79.9. The van der Waals surface area contributed by atoms with Gasteiger partial charge in [-0.2, -0.15) is 0 Å². The normalized spacial score (nSPS) is 10.3. The fourth-order valence-electron chi connectivity index (χ4n) is 1.99. The molecule has 110 valence electrons. The van der Waals surface area contributed by atoms with Crippen LogP contribution in [0.15, 0.2) is 46.9 Å². The third kappa shape index (κ3) is 3.59. The van der Waals surface area contributed by atoms with Gasteiger partial charge < -0.3 is 10.3 Å². The molecule has 0 radical (unpaired) electrons. The summed E-state index contributed by atoms with van der Waals surface area (Å²) in [7, 11) is 1.66.